The topological polar surface area (TPSA) is 91.8 Å². The number of hydrogen-bond donors (Lipinski definition) is 0. The normalized spacial score (nSPS) is 10.9. The predicted molar refractivity (Wildman–Crippen MR) is 99.7 cm³/mol. The first kappa shape index (κ1) is 17.2. The van der Waals surface area contributed by atoms with E-state index in [4.69, 9.17) is 9.26 Å². The lowest BCUT2D eigenvalue weighted by atomic mass is 10.2. The molecule has 2 heterocycles. The fourth-order valence-corrected chi connectivity index (χ4v) is 3.25. The van der Waals surface area contributed by atoms with Crippen LogP contribution in [0.3, 0.4) is 0 Å². The summed E-state index contributed by atoms with van der Waals surface area (Å²) in [7, 11) is 1.62. The molecule has 27 heavy (non-hydrogen) atoms. The van der Waals surface area contributed by atoms with Gasteiger partial charge in [-0.15, -0.1) is 5.10 Å². The Balaban J connectivity index is 1.54. The van der Waals surface area contributed by atoms with E-state index >= 15 is 0 Å². The van der Waals surface area contributed by atoms with Crippen molar-refractivity contribution in [2.75, 3.05) is 7.11 Å². The van der Waals surface area contributed by atoms with Gasteiger partial charge in [0.25, 0.3) is 0 Å². The molecule has 0 unspecified atom stereocenters. The Kier molecular flexibility index (Phi) is 4.84. The van der Waals surface area contributed by atoms with Crippen LogP contribution in [0.2, 0.25) is 0 Å². The maximum Gasteiger partial charge on any atom is 0.237 e. The maximum atomic E-state index is 5.43. The summed E-state index contributed by atoms with van der Waals surface area (Å²) in [6.45, 7) is 2.00. The van der Waals surface area contributed by atoms with E-state index in [2.05, 4.69) is 25.7 Å². The highest BCUT2D eigenvalue weighted by atomic mass is 32.2. The van der Waals surface area contributed by atoms with Crippen LogP contribution in [0.5, 0.6) is 5.75 Å². The Morgan fingerprint density at radius 2 is 2.00 bits per heavy atom. The van der Waals surface area contributed by atoms with Crippen molar-refractivity contribution in [3.63, 3.8) is 0 Å². The van der Waals surface area contributed by atoms with Gasteiger partial charge in [-0.05, 0) is 35.0 Å². The average Bonchev–Trinajstić information content (AvgIpc) is 3.36. The van der Waals surface area contributed by atoms with Crippen molar-refractivity contribution in [1.29, 1.82) is 0 Å². The first-order valence-corrected chi connectivity index (χ1v) is 9.17. The molecule has 4 rings (SSSR count). The molecule has 0 spiro atoms. The molecule has 0 radical (unpaired) electrons. The number of aryl methyl sites for hydroxylation is 1. The highest BCUT2D eigenvalue weighted by Crippen LogP contribution is 2.28. The largest absolute Gasteiger partial charge is 0.494 e. The van der Waals surface area contributed by atoms with Crippen molar-refractivity contribution >= 4 is 11.8 Å². The third-order valence-corrected chi connectivity index (χ3v) is 4.73. The molecule has 0 N–H and O–H groups in total. The van der Waals surface area contributed by atoms with Crippen molar-refractivity contribution in [1.82, 2.24) is 30.3 Å². The molecule has 2 aromatic heterocycles. The molecule has 0 atom stereocenters. The number of hydrogen-bond acceptors (Lipinski definition) is 8. The lowest BCUT2D eigenvalue weighted by molar-refractivity contribution is 0.391. The molecule has 0 saturated heterocycles. The number of ether oxygens (including phenoxy) is 1. The number of methoxy groups -OCH3 is 1. The SMILES string of the molecule is COc1ccc(C)cc1-n1nnnc1SCc1nc(-c2ccccc2)no1. The van der Waals surface area contributed by atoms with Gasteiger partial charge in [-0.3, -0.25) is 0 Å². The van der Waals surface area contributed by atoms with Gasteiger partial charge in [-0.1, -0.05) is 53.3 Å². The Morgan fingerprint density at radius 3 is 2.81 bits per heavy atom. The van der Waals surface area contributed by atoms with Crippen LogP contribution < -0.4 is 4.74 Å². The lowest BCUT2D eigenvalue weighted by Gasteiger charge is -2.09. The number of tetrazole rings is 1. The second kappa shape index (κ2) is 7.58. The van der Waals surface area contributed by atoms with Crippen molar-refractivity contribution in [2.24, 2.45) is 0 Å². The Hall–Kier alpha value is -3.20. The van der Waals surface area contributed by atoms with Gasteiger partial charge in [-0.25, -0.2) is 0 Å². The molecule has 4 aromatic rings. The van der Waals surface area contributed by atoms with Gasteiger partial charge in [0.2, 0.25) is 16.9 Å². The highest BCUT2D eigenvalue weighted by molar-refractivity contribution is 7.98. The third kappa shape index (κ3) is 3.68. The Morgan fingerprint density at radius 1 is 1.15 bits per heavy atom. The summed E-state index contributed by atoms with van der Waals surface area (Å²) in [6.07, 6.45) is 0. The fraction of sp³-hybridized carbons (Fsp3) is 0.167. The van der Waals surface area contributed by atoms with Gasteiger partial charge >= 0.3 is 0 Å². The summed E-state index contributed by atoms with van der Waals surface area (Å²) in [5, 5.41) is 16.6. The van der Waals surface area contributed by atoms with Crippen LogP contribution in [0.15, 0.2) is 58.2 Å². The van der Waals surface area contributed by atoms with Crippen LogP contribution in [0, 0.1) is 6.92 Å². The van der Waals surface area contributed by atoms with Crippen LogP contribution in [0.25, 0.3) is 17.1 Å². The van der Waals surface area contributed by atoms with Gasteiger partial charge in [0.1, 0.15) is 11.4 Å². The predicted octanol–water partition coefficient (Wildman–Crippen LogP) is 3.32. The molecule has 0 bridgehead atoms. The molecule has 0 saturated carbocycles. The van der Waals surface area contributed by atoms with Gasteiger partial charge in [0, 0.05) is 5.56 Å². The molecule has 9 heteroatoms. The minimum atomic E-state index is 0.453. The Bertz CT molecular complexity index is 1050. The van der Waals surface area contributed by atoms with E-state index in [0.29, 0.717) is 28.4 Å². The van der Waals surface area contributed by atoms with Gasteiger partial charge in [0.15, 0.2) is 0 Å². The summed E-state index contributed by atoms with van der Waals surface area (Å²) in [5.74, 6) is 2.21. The zero-order valence-corrected chi connectivity index (χ0v) is 15.6. The van der Waals surface area contributed by atoms with Crippen LogP contribution in [0.1, 0.15) is 11.5 Å². The number of aromatic nitrogens is 6. The van der Waals surface area contributed by atoms with E-state index in [9.17, 15) is 0 Å². The number of rotatable bonds is 6. The van der Waals surface area contributed by atoms with Crippen molar-refractivity contribution in [3.8, 4) is 22.8 Å². The first-order valence-electron chi connectivity index (χ1n) is 8.19. The molecule has 0 fully saturated rings. The quantitative estimate of drug-likeness (QED) is 0.470. The van der Waals surface area contributed by atoms with E-state index < -0.39 is 0 Å². The van der Waals surface area contributed by atoms with E-state index in [1.54, 1.807) is 11.8 Å². The average molecular weight is 380 g/mol. The Labute approximate surface area is 159 Å². The molecule has 8 nitrogen and oxygen atoms in total. The molecule has 0 aliphatic heterocycles. The van der Waals surface area contributed by atoms with Gasteiger partial charge < -0.3 is 9.26 Å². The summed E-state index contributed by atoms with van der Waals surface area (Å²) >= 11 is 1.41. The lowest BCUT2D eigenvalue weighted by Crippen LogP contribution is -2.02. The summed E-state index contributed by atoms with van der Waals surface area (Å²) in [6, 6.07) is 15.5. The molecule has 0 amide bonds. The molecule has 0 aliphatic rings. The fourth-order valence-electron chi connectivity index (χ4n) is 2.53. The minimum Gasteiger partial charge on any atom is -0.494 e. The maximum absolute atomic E-state index is 5.43. The second-order valence-corrected chi connectivity index (χ2v) is 6.66. The minimum absolute atomic E-state index is 0.453. The number of thioether (sulfide) groups is 1. The van der Waals surface area contributed by atoms with Crippen LogP contribution >= 0.6 is 11.8 Å². The van der Waals surface area contributed by atoms with Gasteiger partial charge in [-0.2, -0.15) is 9.67 Å². The van der Waals surface area contributed by atoms with E-state index in [1.807, 2.05) is 55.5 Å². The van der Waals surface area contributed by atoms with E-state index in [-0.39, 0.29) is 0 Å². The van der Waals surface area contributed by atoms with Crippen LogP contribution in [-0.4, -0.2) is 37.5 Å². The van der Waals surface area contributed by atoms with E-state index in [1.165, 1.54) is 11.8 Å². The standard InChI is InChI=1S/C18H16N6O2S/c1-12-8-9-15(25-2)14(10-12)24-18(20-22-23-24)27-11-16-19-17(21-26-16)13-6-4-3-5-7-13/h3-10H,11H2,1-2H3. The van der Waals surface area contributed by atoms with Crippen LogP contribution in [0.4, 0.5) is 0 Å². The van der Waals surface area contributed by atoms with Crippen molar-refractivity contribution < 1.29 is 9.26 Å². The third-order valence-electron chi connectivity index (χ3n) is 3.83. The number of benzene rings is 2. The van der Waals surface area contributed by atoms with Crippen molar-refractivity contribution in [3.05, 3.63) is 60.0 Å². The highest BCUT2D eigenvalue weighted by Gasteiger charge is 2.16. The first-order chi connectivity index (χ1) is 13.2. The zero-order chi connectivity index (χ0) is 18.6. The smallest absolute Gasteiger partial charge is 0.237 e. The number of nitrogens with zero attached hydrogens (tertiary/aromatic N) is 6. The van der Waals surface area contributed by atoms with Crippen molar-refractivity contribution in [2.45, 2.75) is 17.8 Å². The molecular weight excluding hydrogens is 364 g/mol. The summed E-state index contributed by atoms with van der Waals surface area (Å²) in [4.78, 5) is 4.43. The zero-order valence-electron chi connectivity index (χ0n) is 14.7. The summed E-state index contributed by atoms with van der Waals surface area (Å²) < 4.78 is 12.4. The van der Waals surface area contributed by atoms with Gasteiger partial charge in [0.05, 0.1) is 12.9 Å². The molecule has 136 valence electrons. The second-order valence-electron chi connectivity index (χ2n) is 5.71. The summed E-state index contributed by atoms with van der Waals surface area (Å²) in [5.41, 5.74) is 2.77. The molecule has 0 aliphatic carbocycles. The van der Waals surface area contributed by atoms with E-state index in [0.717, 1.165) is 16.8 Å². The molecular formula is C18H16N6O2S. The monoisotopic (exact) mass is 380 g/mol. The van der Waals surface area contributed by atoms with Crippen LogP contribution in [-0.2, 0) is 5.75 Å². The molecule has 2 aromatic carbocycles.